The van der Waals surface area contributed by atoms with E-state index in [0.29, 0.717) is 12.8 Å². The van der Waals surface area contributed by atoms with Gasteiger partial charge in [0, 0.05) is 6.42 Å². The highest BCUT2D eigenvalue weighted by molar-refractivity contribution is 5.96. The Morgan fingerprint density at radius 1 is 0.761 bits per heavy atom. The van der Waals surface area contributed by atoms with E-state index in [4.69, 9.17) is 4.74 Å². The van der Waals surface area contributed by atoms with E-state index in [1.165, 1.54) is 26.2 Å². The Hall–Kier alpha value is -3.52. The predicted octanol–water partition coefficient (Wildman–Crippen LogP) is 0.349. The number of cyclic esters (lactones) is 1. The molecule has 14 heteroatoms. The molecule has 262 valence electrons. The summed E-state index contributed by atoms with van der Waals surface area (Å²) in [7, 11) is 0. The lowest BCUT2D eigenvalue weighted by atomic mass is 9.99. The number of aliphatic hydroxyl groups is 2. The molecule has 1 aliphatic rings. The number of carbonyl (C=O) groups is 6. The first kappa shape index (κ1) is 40.5. The number of carbonyl (C=O) groups excluding carboxylic acids is 6. The van der Waals surface area contributed by atoms with Crippen molar-refractivity contribution in [2.24, 2.45) is 11.8 Å². The molecule has 0 aromatic heterocycles. The van der Waals surface area contributed by atoms with Crippen LogP contribution < -0.4 is 26.6 Å². The largest absolute Gasteiger partial charge is 0.458 e. The third-order valence-corrected chi connectivity index (χ3v) is 7.63. The van der Waals surface area contributed by atoms with Gasteiger partial charge >= 0.3 is 5.97 Å². The average molecular weight is 654 g/mol. The molecule has 0 saturated carbocycles. The molecular weight excluding hydrogens is 598 g/mol. The standard InChI is InChI=1S/C32H55N5O9/c1-7-8-9-10-11-12-13-14-15-16-24(40)35-27-21(6)46-32(45)26(20(4)5)37-30(43)25(19(2)3)36-29(42)23(18-39)33-28(41)22(17-38)34-31(27)44/h12-13,19-23,25-27,38-39H,7-11,14-18H2,1-6H3,(H,33,41)(H,34,44)(H,35,40)(H,36,42)(H,37,43)/b13-12-/t21-,22-,23+,25-,26-,27+/m1/s1. The van der Waals surface area contributed by atoms with Gasteiger partial charge in [0.1, 0.15) is 36.3 Å². The monoisotopic (exact) mass is 653 g/mol. The summed E-state index contributed by atoms with van der Waals surface area (Å²) in [6.45, 7) is 8.48. The van der Waals surface area contributed by atoms with Crippen LogP contribution in [-0.2, 0) is 33.5 Å². The minimum absolute atomic E-state index is 0.0725. The number of unbranched alkanes of at least 4 members (excludes halogenated alkanes) is 5. The molecule has 1 fully saturated rings. The van der Waals surface area contributed by atoms with Crippen molar-refractivity contribution >= 4 is 35.5 Å². The Balaban J connectivity index is 3.24. The highest BCUT2D eigenvalue weighted by atomic mass is 16.5. The van der Waals surface area contributed by atoms with E-state index in [1.54, 1.807) is 27.7 Å². The summed E-state index contributed by atoms with van der Waals surface area (Å²) in [6, 6.07) is -6.89. The van der Waals surface area contributed by atoms with Gasteiger partial charge in [0.2, 0.25) is 29.5 Å². The Bertz CT molecular complexity index is 1050. The van der Waals surface area contributed by atoms with Crippen molar-refractivity contribution in [3.8, 4) is 0 Å². The summed E-state index contributed by atoms with van der Waals surface area (Å²) in [6.07, 6.45) is 9.70. The van der Waals surface area contributed by atoms with Gasteiger partial charge in [0.05, 0.1) is 13.2 Å². The Kier molecular flexibility index (Phi) is 18.8. The van der Waals surface area contributed by atoms with Crippen molar-refractivity contribution in [3.05, 3.63) is 12.2 Å². The van der Waals surface area contributed by atoms with Gasteiger partial charge in [-0.2, -0.15) is 0 Å². The summed E-state index contributed by atoms with van der Waals surface area (Å²) >= 11 is 0. The van der Waals surface area contributed by atoms with Crippen LogP contribution in [0.3, 0.4) is 0 Å². The SMILES string of the molecule is CCCCCC/C=C\CCCC(=O)N[C@@H]1C(=O)N[C@H](CO)C(=O)N[C@@H](CO)C(=O)N[C@H](C(C)C)C(=O)N[C@H](C(C)C)C(=O)O[C@@H]1C. The van der Waals surface area contributed by atoms with Gasteiger partial charge in [-0.3, -0.25) is 24.0 Å². The van der Waals surface area contributed by atoms with Crippen molar-refractivity contribution in [2.75, 3.05) is 13.2 Å². The number of rotatable bonds is 14. The fourth-order valence-electron chi connectivity index (χ4n) is 4.72. The minimum atomic E-state index is -1.58. The van der Waals surface area contributed by atoms with Crippen molar-refractivity contribution in [1.82, 2.24) is 26.6 Å². The molecule has 1 heterocycles. The van der Waals surface area contributed by atoms with E-state index in [0.717, 1.165) is 12.8 Å². The second-order valence-electron chi connectivity index (χ2n) is 12.3. The zero-order valence-corrected chi connectivity index (χ0v) is 28.1. The number of amides is 5. The zero-order valence-electron chi connectivity index (χ0n) is 28.1. The van der Waals surface area contributed by atoms with Gasteiger partial charge in [-0.25, -0.2) is 4.79 Å². The Labute approximate surface area is 272 Å². The summed E-state index contributed by atoms with van der Waals surface area (Å²) in [5, 5.41) is 32.0. The summed E-state index contributed by atoms with van der Waals surface area (Å²) < 4.78 is 5.58. The lowest BCUT2D eigenvalue weighted by Gasteiger charge is -2.31. The molecule has 46 heavy (non-hydrogen) atoms. The first-order valence-corrected chi connectivity index (χ1v) is 16.3. The van der Waals surface area contributed by atoms with Gasteiger partial charge in [-0.05, 0) is 44.4 Å². The topological polar surface area (TPSA) is 212 Å². The molecule has 5 amide bonds. The Morgan fingerprint density at radius 2 is 1.28 bits per heavy atom. The van der Waals surface area contributed by atoms with E-state index in [1.807, 2.05) is 6.08 Å². The first-order chi connectivity index (χ1) is 21.8. The van der Waals surface area contributed by atoms with Crippen LogP contribution >= 0.6 is 0 Å². The van der Waals surface area contributed by atoms with Crippen molar-refractivity contribution < 1.29 is 43.7 Å². The molecule has 0 aromatic rings. The van der Waals surface area contributed by atoms with E-state index in [2.05, 4.69) is 39.6 Å². The van der Waals surface area contributed by atoms with E-state index >= 15 is 0 Å². The van der Waals surface area contributed by atoms with Crippen LogP contribution in [0.1, 0.15) is 92.9 Å². The molecule has 0 spiro atoms. The van der Waals surface area contributed by atoms with Gasteiger partial charge in [0.25, 0.3) is 0 Å². The smallest absolute Gasteiger partial charge is 0.329 e. The molecule has 7 N–H and O–H groups in total. The summed E-state index contributed by atoms with van der Waals surface area (Å²) in [4.78, 5) is 78.7. The van der Waals surface area contributed by atoms with Crippen LogP contribution in [0.4, 0.5) is 0 Å². The maximum Gasteiger partial charge on any atom is 0.329 e. The normalized spacial score (nSPS) is 25.6. The fourth-order valence-corrected chi connectivity index (χ4v) is 4.72. The molecule has 0 unspecified atom stereocenters. The van der Waals surface area contributed by atoms with Crippen LogP contribution in [-0.4, -0.2) is 95.2 Å². The minimum Gasteiger partial charge on any atom is -0.458 e. The number of nitrogens with one attached hydrogen (secondary N) is 5. The maximum absolute atomic E-state index is 13.4. The van der Waals surface area contributed by atoms with Gasteiger partial charge in [0.15, 0.2) is 0 Å². The third-order valence-electron chi connectivity index (χ3n) is 7.63. The summed E-state index contributed by atoms with van der Waals surface area (Å²) in [5.74, 6) is -5.82. The molecule has 0 aromatic carbocycles. The molecule has 1 aliphatic heterocycles. The van der Waals surface area contributed by atoms with Crippen LogP contribution in [0.25, 0.3) is 0 Å². The predicted molar refractivity (Wildman–Crippen MR) is 171 cm³/mol. The Morgan fingerprint density at radius 3 is 1.83 bits per heavy atom. The third kappa shape index (κ3) is 13.9. The number of esters is 1. The maximum atomic E-state index is 13.4. The van der Waals surface area contributed by atoms with Crippen molar-refractivity contribution in [1.29, 1.82) is 0 Å². The number of ether oxygens (including phenoxy) is 1. The summed E-state index contributed by atoms with van der Waals surface area (Å²) in [5.41, 5.74) is 0. The average Bonchev–Trinajstić information content (AvgIpc) is 3.00. The quantitative estimate of drug-likeness (QED) is 0.0782. The molecule has 6 atom stereocenters. The highest BCUT2D eigenvalue weighted by Crippen LogP contribution is 2.12. The number of aliphatic hydroxyl groups excluding tert-OH is 2. The molecule has 1 saturated heterocycles. The number of hydrogen-bond donors (Lipinski definition) is 7. The fraction of sp³-hybridized carbons (Fsp3) is 0.750. The molecule has 0 aliphatic carbocycles. The molecule has 0 radical (unpaired) electrons. The van der Waals surface area contributed by atoms with Crippen LogP contribution in [0.5, 0.6) is 0 Å². The van der Waals surface area contributed by atoms with Gasteiger partial charge < -0.3 is 41.5 Å². The molecule has 14 nitrogen and oxygen atoms in total. The van der Waals surface area contributed by atoms with E-state index < -0.39 is 96.9 Å². The molecule has 0 bridgehead atoms. The van der Waals surface area contributed by atoms with E-state index in [9.17, 15) is 39.0 Å². The van der Waals surface area contributed by atoms with Crippen molar-refractivity contribution in [2.45, 2.75) is 129 Å². The molecular formula is C32H55N5O9. The first-order valence-electron chi connectivity index (χ1n) is 16.3. The number of allylic oxidation sites excluding steroid dienone is 2. The van der Waals surface area contributed by atoms with Gasteiger partial charge in [-0.1, -0.05) is 66.0 Å². The van der Waals surface area contributed by atoms with Crippen LogP contribution in [0.15, 0.2) is 12.2 Å². The highest BCUT2D eigenvalue weighted by Gasteiger charge is 2.38. The second-order valence-corrected chi connectivity index (χ2v) is 12.3. The van der Waals surface area contributed by atoms with Gasteiger partial charge in [-0.15, -0.1) is 0 Å². The van der Waals surface area contributed by atoms with Crippen LogP contribution in [0, 0.1) is 11.8 Å². The molecule has 1 rings (SSSR count). The van der Waals surface area contributed by atoms with E-state index in [-0.39, 0.29) is 6.42 Å². The lowest BCUT2D eigenvalue weighted by molar-refractivity contribution is -0.157. The van der Waals surface area contributed by atoms with Crippen molar-refractivity contribution in [3.63, 3.8) is 0 Å². The van der Waals surface area contributed by atoms with Crippen LogP contribution in [0.2, 0.25) is 0 Å². The second kappa shape index (κ2) is 21.3. The zero-order chi connectivity index (χ0) is 34.8. The lowest BCUT2D eigenvalue weighted by Crippen LogP contribution is -2.63. The number of hydrogen-bond acceptors (Lipinski definition) is 9.